The van der Waals surface area contributed by atoms with Crippen molar-refractivity contribution in [2.45, 2.75) is 63.5 Å². The average molecular weight is 295 g/mol. The van der Waals surface area contributed by atoms with E-state index in [1.54, 1.807) is 0 Å². The molecule has 1 aliphatic carbocycles. The minimum absolute atomic E-state index is 0.0647. The van der Waals surface area contributed by atoms with Crippen molar-refractivity contribution < 1.29 is 14.3 Å². The molecule has 21 heavy (non-hydrogen) atoms. The van der Waals surface area contributed by atoms with Crippen LogP contribution in [0.25, 0.3) is 0 Å². The number of hydrogen-bond donors (Lipinski definition) is 0. The Morgan fingerprint density at radius 3 is 2.86 bits per heavy atom. The van der Waals surface area contributed by atoms with Gasteiger partial charge in [0.2, 0.25) is 0 Å². The zero-order valence-corrected chi connectivity index (χ0v) is 13.3. The number of carbonyl (C=O) groups is 1. The monoisotopic (exact) mass is 295 g/mol. The van der Waals surface area contributed by atoms with Crippen LogP contribution in [0.15, 0.2) is 12.7 Å². The van der Waals surface area contributed by atoms with Crippen molar-refractivity contribution in [3.8, 4) is 0 Å². The molecule has 1 atom stereocenters. The normalized spacial score (nSPS) is 25.0. The van der Waals surface area contributed by atoms with Crippen molar-refractivity contribution in [3.63, 3.8) is 0 Å². The quantitative estimate of drug-likeness (QED) is 0.558. The third kappa shape index (κ3) is 4.55. The van der Waals surface area contributed by atoms with E-state index in [-0.39, 0.29) is 11.6 Å². The lowest BCUT2D eigenvalue weighted by Crippen LogP contribution is -2.50. The predicted octanol–water partition coefficient (Wildman–Crippen LogP) is 2.92. The molecule has 1 spiro atoms. The van der Waals surface area contributed by atoms with Gasteiger partial charge in [0.25, 0.3) is 0 Å². The summed E-state index contributed by atoms with van der Waals surface area (Å²) in [5, 5.41) is 0. The molecular weight excluding hydrogens is 266 g/mol. The van der Waals surface area contributed by atoms with Gasteiger partial charge in [-0.1, -0.05) is 25.3 Å². The molecule has 0 aromatic heterocycles. The van der Waals surface area contributed by atoms with Crippen molar-refractivity contribution in [1.29, 1.82) is 0 Å². The van der Waals surface area contributed by atoms with Crippen molar-refractivity contribution in [1.82, 2.24) is 4.90 Å². The van der Waals surface area contributed by atoms with Gasteiger partial charge in [0.15, 0.2) is 0 Å². The van der Waals surface area contributed by atoms with Crippen LogP contribution in [0.5, 0.6) is 0 Å². The van der Waals surface area contributed by atoms with E-state index in [1.807, 2.05) is 13.0 Å². The molecule has 0 aromatic carbocycles. The fraction of sp³-hybridized carbons (Fsp3) is 0.824. The molecule has 1 aliphatic heterocycles. The molecule has 120 valence electrons. The summed E-state index contributed by atoms with van der Waals surface area (Å²) in [7, 11) is 0. The van der Waals surface area contributed by atoms with E-state index in [0.717, 1.165) is 26.0 Å². The highest BCUT2D eigenvalue weighted by molar-refractivity contribution is 5.71. The highest BCUT2D eigenvalue weighted by Crippen LogP contribution is 2.39. The van der Waals surface area contributed by atoms with Crippen LogP contribution in [0.4, 0.5) is 0 Å². The predicted molar refractivity (Wildman–Crippen MR) is 83.2 cm³/mol. The Balaban J connectivity index is 1.97. The van der Waals surface area contributed by atoms with Crippen molar-refractivity contribution in [3.05, 3.63) is 12.7 Å². The fourth-order valence-electron chi connectivity index (χ4n) is 3.74. The van der Waals surface area contributed by atoms with Crippen LogP contribution in [-0.4, -0.2) is 48.8 Å². The van der Waals surface area contributed by atoms with E-state index in [1.165, 1.54) is 32.1 Å². The molecular formula is C17H29NO3. The van der Waals surface area contributed by atoms with Gasteiger partial charge in [-0.15, -0.1) is 6.58 Å². The Bertz CT molecular complexity index is 344. The van der Waals surface area contributed by atoms with Gasteiger partial charge in [0.05, 0.1) is 18.8 Å². The Morgan fingerprint density at radius 1 is 1.43 bits per heavy atom. The molecule has 2 aliphatic rings. The molecule has 0 radical (unpaired) electrons. The smallest absolute Gasteiger partial charge is 0.320 e. The fourth-order valence-corrected chi connectivity index (χ4v) is 3.74. The molecule has 4 nitrogen and oxygen atoms in total. The van der Waals surface area contributed by atoms with Gasteiger partial charge < -0.3 is 9.47 Å². The third-order valence-electron chi connectivity index (χ3n) is 4.75. The molecule has 2 rings (SSSR count). The summed E-state index contributed by atoms with van der Waals surface area (Å²) in [4.78, 5) is 14.0. The topological polar surface area (TPSA) is 38.8 Å². The van der Waals surface area contributed by atoms with E-state index in [4.69, 9.17) is 9.47 Å². The van der Waals surface area contributed by atoms with E-state index < -0.39 is 0 Å². The molecule has 1 unspecified atom stereocenters. The molecule has 1 heterocycles. The van der Waals surface area contributed by atoms with Crippen LogP contribution in [-0.2, 0) is 14.3 Å². The van der Waals surface area contributed by atoms with E-state index >= 15 is 0 Å². The number of rotatable bonds is 6. The van der Waals surface area contributed by atoms with Crippen LogP contribution < -0.4 is 0 Å². The number of nitrogens with zero attached hydrogens (tertiary/aromatic N) is 1. The van der Waals surface area contributed by atoms with Crippen molar-refractivity contribution in [2.24, 2.45) is 0 Å². The maximum Gasteiger partial charge on any atom is 0.320 e. The minimum Gasteiger partial charge on any atom is -0.465 e. The van der Waals surface area contributed by atoms with E-state index in [2.05, 4.69) is 11.5 Å². The molecule has 4 heteroatoms. The van der Waals surface area contributed by atoms with Crippen molar-refractivity contribution >= 4 is 5.97 Å². The number of carbonyl (C=O) groups excluding carboxylic acids is 1. The number of hydrogen-bond acceptors (Lipinski definition) is 4. The summed E-state index contributed by atoms with van der Waals surface area (Å²) < 4.78 is 11.2. The maximum absolute atomic E-state index is 11.8. The first kappa shape index (κ1) is 16.5. The highest BCUT2D eigenvalue weighted by atomic mass is 16.5. The zero-order chi connectivity index (χ0) is 15.1. The Hall–Kier alpha value is -0.870. The Kier molecular flexibility index (Phi) is 6.24. The second-order valence-electron chi connectivity index (χ2n) is 6.26. The summed E-state index contributed by atoms with van der Waals surface area (Å²) in [6.07, 6.45) is 10.1. The summed E-state index contributed by atoms with van der Waals surface area (Å²) in [5.74, 6) is -0.136. The summed E-state index contributed by atoms with van der Waals surface area (Å²) in [5.41, 5.74) is 0.0647. The molecule has 1 saturated carbocycles. The molecule has 0 bridgehead atoms. The average Bonchev–Trinajstić information content (AvgIpc) is 2.48. The van der Waals surface area contributed by atoms with Gasteiger partial charge in [0.1, 0.15) is 0 Å². The van der Waals surface area contributed by atoms with Gasteiger partial charge >= 0.3 is 5.97 Å². The second-order valence-corrected chi connectivity index (χ2v) is 6.26. The van der Waals surface area contributed by atoms with E-state index in [9.17, 15) is 4.79 Å². The van der Waals surface area contributed by atoms with Crippen LogP contribution >= 0.6 is 0 Å². The molecule has 0 N–H and O–H groups in total. The van der Waals surface area contributed by atoms with Gasteiger partial charge in [-0.3, -0.25) is 9.69 Å². The SMILES string of the molecule is C=CCN(CC(=O)OCC)C1CCOC2(CCCCC2)C1. The van der Waals surface area contributed by atoms with E-state index in [0.29, 0.717) is 19.2 Å². The lowest BCUT2D eigenvalue weighted by atomic mass is 9.78. The highest BCUT2D eigenvalue weighted by Gasteiger charge is 2.40. The minimum atomic E-state index is -0.136. The van der Waals surface area contributed by atoms with Gasteiger partial charge in [-0.25, -0.2) is 0 Å². The number of ether oxygens (including phenoxy) is 2. The standard InChI is InChI=1S/C17H29NO3/c1-3-11-18(14-16(19)20-4-2)15-8-12-21-17(13-15)9-6-5-7-10-17/h3,15H,1,4-14H2,2H3. The first-order valence-corrected chi connectivity index (χ1v) is 8.33. The maximum atomic E-state index is 11.8. The van der Waals surface area contributed by atoms with Crippen LogP contribution in [0.3, 0.4) is 0 Å². The summed E-state index contributed by atoms with van der Waals surface area (Å²) in [6.45, 7) is 8.02. The Morgan fingerprint density at radius 2 is 2.19 bits per heavy atom. The van der Waals surface area contributed by atoms with Crippen LogP contribution in [0.2, 0.25) is 0 Å². The summed E-state index contributed by atoms with van der Waals surface area (Å²) >= 11 is 0. The molecule has 2 fully saturated rings. The zero-order valence-electron chi connectivity index (χ0n) is 13.3. The first-order chi connectivity index (χ1) is 10.2. The third-order valence-corrected chi connectivity index (χ3v) is 4.75. The van der Waals surface area contributed by atoms with Crippen LogP contribution in [0.1, 0.15) is 51.9 Å². The lowest BCUT2D eigenvalue weighted by molar-refractivity contribution is -0.149. The van der Waals surface area contributed by atoms with Crippen molar-refractivity contribution in [2.75, 3.05) is 26.3 Å². The largest absolute Gasteiger partial charge is 0.465 e. The van der Waals surface area contributed by atoms with Crippen LogP contribution in [0, 0.1) is 0 Å². The Labute approximate surface area is 128 Å². The first-order valence-electron chi connectivity index (χ1n) is 8.33. The second kappa shape index (κ2) is 7.95. The number of esters is 1. The molecule has 1 saturated heterocycles. The molecule has 0 amide bonds. The van der Waals surface area contributed by atoms with Gasteiger partial charge in [-0.05, 0) is 32.6 Å². The lowest BCUT2D eigenvalue weighted by Gasteiger charge is -2.46. The van der Waals surface area contributed by atoms with Gasteiger partial charge in [0, 0.05) is 19.2 Å². The van der Waals surface area contributed by atoms with Gasteiger partial charge in [-0.2, -0.15) is 0 Å². The molecule has 0 aromatic rings. The summed E-state index contributed by atoms with van der Waals surface area (Å²) in [6, 6.07) is 0.402.